The fourth-order valence-corrected chi connectivity index (χ4v) is 4.88. The molecule has 2 aliphatic rings. The first-order valence-electron chi connectivity index (χ1n) is 10.4. The van der Waals surface area contributed by atoms with Crippen molar-refractivity contribution in [3.05, 3.63) is 59.7 Å². The summed E-state index contributed by atoms with van der Waals surface area (Å²) < 4.78 is 44.6. The van der Waals surface area contributed by atoms with E-state index < -0.39 is 23.3 Å². The Morgan fingerprint density at radius 3 is 2.53 bits per heavy atom. The number of hydrogen-bond acceptors (Lipinski definition) is 5. The molecular weight excluding hydrogens is 441 g/mol. The summed E-state index contributed by atoms with van der Waals surface area (Å²) in [7, 11) is 0. The van der Waals surface area contributed by atoms with Crippen LogP contribution >= 0.6 is 11.8 Å². The van der Waals surface area contributed by atoms with Crippen LogP contribution in [0, 0.1) is 0 Å². The SMILES string of the molecule is CC1(C)Oc2ccc(SC(F)(F)F)cc2[C@H](N2CCN(Cc3ccccc3)CC2=O)[C@H]1O. The van der Waals surface area contributed by atoms with Crippen molar-refractivity contribution in [1.82, 2.24) is 9.80 Å². The van der Waals surface area contributed by atoms with Crippen molar-refractivity contribution in [2.75, 3.05) is 19.6 Å². The minimum absolute atomic E-state index is 0.00748. The van der Waals surface area contributed by atoms with E-state index in [-0.39, 0.29) is 29.1 Å². The minimum Gasteiger partial charge on any atom is -0.485 e. The second-order valence-corrected chi connectivity index (χ2v) is 9.76. The number of halogens is 3. The highest BCUT2D eigenvalue weighted by Crippen LogP contribution is 2.46. The van der Waals surface area contributed by atoms with Crippen LogP contribution in [0.4, 0.5) is 13.2 Å². The topological polar surface area (TPSA) is 53.0 Å². The molecule has 5 nitrogen and oxygen atoms in total. The lowest BCUT2D eigenvalue weighted by atomic mass is 9.85. The second-order valence-electron chi connectivity index (χ2n) is 8.63. The number of benzene rings is 2. The number of aliphatic hydroxyl groups is 1. The number of ether oxygens (including phenoxy) is 1. The van der Waals surface area contributed by atoms with Crippen molar-refractivity contribution in [1.29, 1.82) is 0 Å². The molecule has 1 amide bonds. The zero-order valence-corrected chi connectivity index (χ0v) is 18.6. The number of carbonyl (C=O) groups is 1. The molecule has 2 aliphatic heterocycles. The van der Waals surface area contributed by atoms with Gasteiger partial charge in [-0.25, -0.2) is 0 Å². The largest absolute Gasteiger partial charge is 0.485 e. The Kier molecular flexibility index (Phi) is 6.17. The van der Waals surface area contributed by atoms with Gasteiger partial charge in [0.25, 0.3) is 0 Å². The molecule has 32 heavy (non-hydrogen) atoms. The lowest BCUT2D eigenvalue weighted by Crippen LogP contribution is -2.59. The Morgan fingerprint density at radius 1 is 1.16 bits per heavy atom. The van der Waals surface area contributed by atoms with Gasteiger partial charge in [0.05, 0.1) is 12.6 Å². The smallest absolute Gasteiger partial charge is 0.446 e. The van der Waals surface area contributed by atoms with E-state index in [1.54, 1.807) is 18.7 Å². The van der Waals surface area contributed by atoms with Crippen LogP contribution in [-0.4, -0.2) is 57.7 Å². The molecule has 2 heterocycles. The van der Waals surface area contributed by atoms with Crippen LogP contribution in [0.3, 0.4) is 0 Å². The fraction of sp³-hybridized carbons (Fsp3) is 0.435. The summed E-state index contributed by atoms with van der Waals surface area (Å²) in [4.78, 5) is 16.7. The van der Waals surface area contributed by atoms with Crippen LogP contribution in [-0.2, 0) is 11.3 Å². The maximum atomic E-state index is 13.1. The van der Waals surface area contributed by atoms with Crippen molar-refractivity contribution in [2.45, 2.75) is 48.5 Å². The van der Waals surface area contributed by atoms with E-state index in [1.807, 2.05) is 35.2 Å². The average Bonchev–Trinajstić information content (AvgIpc) is 2.70. The molecular formula is C23H25F3N2O3S. The summed E-state index contributed by atoms with van der Waals surface area (Å²) >= 11 is -0.223. The van der Waals surface area contributed by atoms with Gasteiger partial charge in [-0.2, -0.15) is 13.2 Å². The van der Waals surface area contributed by atoms with E-state index in [0.29, 0.717) is 30.9 Å². The van der Waals surface area contributed by atoms with E-state index in [4.69, 9.17) is 4.74 Å². The Hall–Kier alpha value is -2.23. The van der Waals surface area contributed by atoms with Crippen molar-refractivity contribution in [3.8, 4) is 5.75 Å². The van der Waals surface area contributed by atoms with Crippen LogP contribution < -0.4 is 4.74 Å². The van der Waals surface area contributed by atoms with Crippen LogP contribution in [0.5, 0.6) is 5.75 Å². The van der Waals surface area contributed by atoms with E-state index in [2.05, 4.69) is 0 Å². The number of rotatable bonds is 4. The molecule has 0 aliphatic carbocycles. The number of aliphatic hydroxyl groups excluding tert-OH is 1. The van der Waals surface area contributed by atoms with Crippen molar-refractivity contribution in [2.24, 2.45) is 0 Å². The van der Waals surface area contributed by atoms with Crippen molar-refractivity contribution >= 4 is 17.7 Å². The third-order valence-electron chi connectivity index (χ3n) is 5.84. The highest BCUT2D eigenvalue weighted by atomic mass is 32.2. The van der Waals surface area contributed by atoms with Crippen LogP contribution in [0.1, 0.15) is 31.0 Å². The summed E-state index contributed by atoms with van der Waals surface area (Å²) in [6.07, 6.45) is -1.09. The van der Waals surface area contributed by atoms with Crippen LogP contribution in [0.25, 0.3) is 0 Å². The number of nitrogens with zero attached hydrogens (tertiary/aromatic N) is 2. The Bertz CT molecular complexity index is 984. The zero-order chi connectivity index (χ0) is 23.1. The van der Waals surface area contributed by atoms with Gasteiger partial charge in [0.2, 0.25) is 5.91 Å². The summed E-state index contributed by atoms with van der Waals surface area (Å²) in [5.74, 6) is 0.213. The van der Waals surface area contributed by atoms with Gasteiger partial charge in [0.1, 0.15) is 17.5 Å². The standard InChI is InChI=1S/C23H25F3N2O3S/c1-22(2)21(30)20(17-12-16(32-23(24,25)26)8-9-18(17)31-22)28-11-10-27(14-19(28)29)13-15-6-4-3-5-7-15/h3-9,12,20-21,30H,10-11,13-14H2,1-2H3/t20-,21+/m0/s1. The van der Waals surface area contributed by atoms with Gasteiger partial charge in [-0.15, -0.1) is 0 Å². The maximum Gasteiger partial charge on any atom is 0.446 e. The number of hydrogen-bond donors (Lipinski definition) is 1. The van der Waals surface area contributed by atoms with Gasteiger partial charge in [-0.3, -0.25) is 9.69 Å². The Morgan fingerprint density at radius 2 is 1.88 bits per heavy atom. The Balaban J connectivity index is 1.59. The van der Waals surface area contributed by atoms with Gasteiger partial charge < -0.3 is 14.7 Å². The van der Waals surface area contributed by atoms with Gasteiger partial charge in [0, 0.05) is 30.1 Å². The quantitative estimate of drug-likeness (QED) is 0.684. The molecule has 1 saturated heterocycles. The minimum atomic E-state index is -4.43. The average molecular weight is 467 g/mol. The number of fused-ring (bicyclic) bond motifs is 1. The molecule has 0 radical (unpaired) electrons. The number of alkyl halides is 3. The number of piperazine rings is 1. The molecule has 0 saturated carbocycles. The molecule has 2 aromatic rings. The number of carbonyl (C=O) groups excluding carboxylic acids is 1. The highest BCUT2D eigenvalue weighted by molar-refractivity contribution is 8.00. The molecule has 172 valence electrons. The lowest BCUT2D eigenvalue weighted by Gasteiger charge is -2.48. The van der Waals surface area contributed by atoms with Gasteiger partial charge >= 0.3 is 5.51 Å². The zero-order valence-electron chi connectivity index (χ0n) is 17.8. The summed E-state index contributed by atoms with van der Waals surface area (Å²) in [5, 5.41) is 11.1. The molecule has 0 bridgehead atoms. The maximum absolute atomic E-state index is 13.1. The first-order valence-corrected chi connectivity index (χ1v) is 11.2. The molecule has 1 N–H and O–H groups in total. The van der Waals surface area contributed by atoms with Crippen LogP contribution in [0.15, 0.2) is 53.4 Å². The first-order chi connectivity index (χ1) is 15.0. The third kappa shape index (κ3) is 4.89. The van der Waals surface area contributed by atoms with E-state index in [9.17, 15) is 23.1 Å². The van der Waals surface area contributed by atoms with Crippen molar-refractivity contribution < 1.29 is 27.8 Å². The van der Waals surface area contributed by atoms with Gasteiger partial charge in [0.15, 0.2) is 0 Å². The predicted molar refractivity (Wildman–Crippen MR) is 115 cm³/mol. The normalized spacial score (nSPS) is 23.6. The summed E-state index contributed by atoms with van der Waals surface area (Å²) in [6.45, 7) is 5.18. The Labute approximate surface area is 189 Å². The van der Waals surface area contributed by atoms with Gasteiger partial charge in [-0.1, -0.05) is 30.3 Å². The lowest BCUT2D eigenvalue weighted by molar-refractivity contribution is -0.150. The molecule has 9 heteroatoms. The second kappa shape index (κ2) is 8.61. The predicted octanol–water partition coefficient (Wildman–Crippen LogP) is 4.22. The van der Waals surface area contributed by atoms with Crippen molar-refractivity contribution in [3.63, 3.8) is 0 Å². The molecule has 2 aromatic carbocycles. The molecule has 2 atom stereocenters. The summed E-state index contributed by atoms with van der Waals surface area (Å²) in [5.41, 5.74) is -3.94. The molecule has 4 rings (SSSR count). The molecule has 1 fully saturated rings. The summed E-state index contributed by atoms with van der Waals surface area (Å²) in [6, 6.07) is 13.2. The molecule has 0 spiro atoms. The fourth-order valence-electron chi connectivity index (χ4n) is 4.29. The number of amides is 1. The number of thioether (sulfide) groups is 1. The third-order valence-corrected chi connectivity index (χ3v) is 6.56. The molecule has 0 aromatic heterocycles. The van der Waals surface area contributed by atoms with E-state index >= 15 is 0 Å². The first kappa shape index (κ1) is 22.9. The monoisotopic (exact) mass is 466 g/mol. The molecule has 0 unspecified atom stereocenters. The van der Waals surface area contributed by atoms with E-state index in [0.717, 1.165) is 5.56 Å². The highest BCUT2D eigenvalue weighted by Gasteiger charge is 2.47. The van der Waals surface area contributed by atoms with E-state index in [1.165, 1.54) is 18.2 Å². The van der Waals surface area contributed by atoms with Crippen LogP contribution in [0.2, 0.25) is 0 Å². The van der Waals surface area contributed by atoms with Gasteiger partial charge in [-0.05, 0) is 49.4 Å².